The van der Waals surface area contributed by atoms with E-state index in [1.54, 1.807) is 17.8 Å². The van der Waals surface area contributed by atoms with Crippen LogP contribution in [-0.2, 0) is 5.54 Å². The summed E-state index contributed by atoms with van der Waals surface area (Å²) in [6.45, 7) is 2.00. The largest absolute Gasteiger partial charge is 0.275 e. The Morgan fingerprint density at radius 1 is 1.62 bits per heavy atom. The van der Waals surface area contributed by atoms with Crippen LogP contribution in [0.5, 0.6) is 0 Å². The average Bonchev–Trinajstić information content (AvgIpc) is 3.02. The molecule has 3 atom stereocenters. The van der Waals surface area contributed by atoms with Crippen molar-refractivity contribution in [1.82, 2.24) is 4.98 Å². The fourth-order valence-corrected chi connectivity index (χ4v) is 3.81. The molecule has 1 saturated carbocycles. The Hall–Kier alpha value is -0.420. The van der Waals surface area contributed by atoms with Gasteiger partial charge in [0.25, 0.3) is 0 Å². The van der Waals surface area contributed by atoms with E-state index in [1.807, 2.05) is 12.5 Å². The van der Waals surface area contributed by atoms with Gasteiger partial charge in [-0.15, -0.1) is 11.8 Å². The lowest BCUT2D eigenvalue weighted by molar-refractivity contribution is 0.401. The molecule has 2 nitrogen and oxygen atoms in total. The lowest BCUT2D eigenvalue weighted by atomic mass is 9.88. The molecular weight excluding hydrogens is 291 g/mol. The molecule has 0 radical (unpaired) electrons. The van der Waals surface area contributed by atoms with Crippen molar-refractivity contribution in [3.63, 3.8) is 0 Å². The number of hydrogen-bond donors (Lipinski definition) is 0. The Labute approximate surface area is 106 Å². The van der Waals surface area contributed by atoms with Gasteiger partial charge in [-0.2, -0.15) is 4.39 Å². The van der Waals surface area contributed by atoms with Crippen molar-refractivity contribution in [3.05, 3.63) is 28.2 Å². The lowest BCUT2D eigenvalue weighted by Crippen LogP contribution is -2.27. The van der Waals surface area contributed by atoms with Crippen molar-refractivity contribution in [2.45, 2.75) is 24.1 Å². The minimum atomic E-state index is -0.434. The molecule has 84 valence electrons. The van der Waals surface area contributed by atoms with Crippen LogP contribution in [0.2, 0.25) is 0 Å². The van der Waals surface area contributed by atoms with Gasteiger partial charge in [-0.25, -0.2) is 4.98 Å². The van der Waals surface area contributed by atoms with Crippen LogP contribution in [0.15, 0.2) is 21.7 Å². The highest BCUT2D eigenvalue weighted by atomic mass is 79.9. The number of rotatable bonds is 1. The van der Waals surface area contributed by atoms with Gasteiger partial charge in [0.15, 0.2) is 0 Å². The first-order valence-corrected chi connectivity index (χ1v) is 6.85. The second kappa shape index (κ2) is 3.53. The van der Waals surface area contributed by atoms with Gasteiger partial charge in [0, 0.05) is 27.4 Å². The van der Waals surface area contributed by atoms with Crippen molar-refractivity contribution in [2.24, 2.45) is 10.9 Å². The predicted octanol–water partition coefficient (Wildman–Crippen LogP) is 3.36. The molecule has 2 unspecified atom stereocenters. The molecule has 2 aliphatic rings. The summed E-state index contributed by atoms with van der Waals surface area (Å²) in [6, 6.07) is 1.80. The van der Waals surface area contributed by atoms with Crippen LogP contribution in [0.3, 0.4) is 0 Å². The summed E-state index contributed by atoms with van der Waals surface area (Å²) in [5.41, 5.74) is 2.02. The molecule has 1 aliphatic heterocycles. The van der Waals surface area contributed by atoms with Crippen molar-refractivity contribution < 1.29 is 4.39 Å². The van der Waals surface area contributed by atoms with Crippen LogP contribution >= 0.6 is 27.7 Å². The second-order valence-electron chi connectivity index (χ2n) is 4.39. The molecule has 1 aliphatic carbocycles. The van der Waals surface area contributed by atoms with Gasteiger partial charge in [0.2, 0.25) is 5.95 Å². The standard InChI is InChI=1S/C11H10BrFN2S/c1-11(7-3-9(7)16-5-15-11)8-2-6(12)4-14-10(8)13/h2,4-5,7,9H,3H2,1H3/t7?,9?,11-/m0/s1. The second-order valence-corrected chi connectivity index (χ2v) is 6.39. The quantitative estimate of drug-likeness (QED) is 0.743. The van der Waals surface area contributed by atoms with Crippen LogP contribution < -0.4 is 0 Å². The number of thioether (sulfide) groups is 1. The maximum Gasteiger partial charge on any atom is 0.218 e. The van der Waals surface area contributed by atoms with E-state index in [4.69, 9.17) is 0 Å². The number of nitrogens with zero attached hydrogens (tertiary/aromatic N) is 2. The fraction of sp³-hybridized carbons (Fsp3) is 0.455. The zero-order chi connectivity index (χ0) is 11.3. The van der Waals surface area contributed by atoms with E-state index >= 15 is 0 Å². The molecule has 16 heavy (non-hydrogen) atoms. The molecular formula is C11H10BrFN2S. The molecule has 2 heterocycles. The SMILES string of the molecule is C[C@]1(c2cc(Br)cnc2F)N=CSC2CC21. The number of hydrogen-bond acceptors (Lipinski definition) is 3. The van der Waals surface area contributed by atoms with Crippen LogP contribution in [0.4, 0.5) is 4.39 Å². The number of halogens is 2. The Morgan fingerprint density at radius 2 is 2.44 bits per heavy atom. The Morgan fingerprint density at radius 3 is 3.25 bits per heavy atom. The van der Waals surface area contributed by atoms with Gasteiger partial charge in [-0.3, -0.25) is 4.99 Å². The third kappa shape index (κ3) is 1.52. The molecule has 0 aromatic carbocycles. The molecule has 0 spiro atoms. The van der Waals surface area contributed by atoms with E-state index in [2.05, 4.69) is 25.9 Å². The number of fused-ring (bicyclic) bond motifs is 1. The van der Waals surface area contributed by atoms with Crippen molar-refractivity contribution in [1.29, 1.82) is 0 Å². The zero-order valence-corrected chi connectivity index (χ0v) is 11.1. The normalized spacial score (nSPS) is 35.9. The fourth-order valence-electron chi connectivity index (χ4n) is 2.27. The van der Waals surface area contributed by atoms with Crippen LogP contribution in [0.1, 0.15) is 18.9 Å². The summed E-state index contributed by atoms with van der Waals surface area (Å²) in [5.74, 6) is 0.0495. The van der Waals surface area contributed by atoms with Crippen molar-refractivity contribution in [2.75, 3.05) is 0 Å². The Balaban J connectivity index is 2.11. The van der Waals surface area contributed by atoms with Gasteiger partial charge in [0.1, 0.15) is 0 Å². The molecule has 5 heteroatoms. The van der Waals surface area contributed by atoms with Crippen LogP contribution in [0, 0.1) is 11.9 Å². The van der Waals surface area contributed by atoms with E-state index in [-0.39, 0.29) is 0 Å². The summed E-state index contributed by atoms with van der Waals surface area (Å²) in [4.78, 5) is 8.25. The van der Waals surface area contributed by atoms with E-state index < -0.39 is 11.5 Å². The molecule has 0 saturated heterocycles. The Bertz CT molecular complexity index is 479. The molecule has 0 amide bonds. The highest BCUT2D eigenvalue weighted by Crippen LogP contribution is 2.56. The van der Waals surface area contributed by atoms with Crippen molar-refractivity contribution >= 4 is 33.2 Å². The van der Waals surface area contributed by atoms with Crippen LogP contribution in [-0.4, -0.2) is 15.8 Å². The maximum atomic E-state index is 13.8. The topological polar surface area (TPSA) is 25.2 Å². The first-order chi connectivity index (χ1) is 7.61. The lowest BCUT2D eigenvalue weighted by Gasteiger charge is -2.28. The summed E-state index contributed by atoms with van der Waals surface area (Å²) >= 11 is 5.09. The van der Waals surface area contributed by atoms with Gasteiger partial charge in [-0.1, -0.05) is 0 Å². The van der Waals surface area contributed by atoms with Gasteiger partial charge in [0.05, 0.1) is 11.1 Å². The monoisotopic (exact) mass is 300 g/mol. The van der Waals surface area contributed by atoms with Gasteiger partial charge < -0.3 is 0 Å². The Kier molecular flexibility index (Phi) is 2.37. The number of pyridine rings is 1. The average molecular weight is 301 g/mol. The van der Waals surface area contributed by atoms with Gasteiger partial charge >= 0.3 is 0 Å². The molecule has 1 aromatic rings. The smallest absolute Gasteiger partial charge is 0.218 e. The van der Waals surface area contributed by atoms with E-state index in [0.29, 0.717) is 16.7 Å². The highest BCUT2D eigenvalue weighted by Gasteiger charge is 2.54. The summed E-state index contributed by atoms with van der Waals surface area (Å²) in [6.07, 6.45) is 2.60. The van der Waals surface area contributed by atoms with Gasteiger partial charge in [-0.05, 0) is 35.3 Å². The van der Waals surface area contributed by atoms with E-state index in [1.165, 1.54) is 6.20 Å². The van der Waals surface area contributed by atoms with E-state index in [9.17, 15) is 4.39 Å². The molecule has 0 N–H and O–H groups in total. The number of aliphatic imine (C=N–C) groups is 1. The minimum Gasteiger partial charge on any atom is -0.275 e. The predicted molar refractivity (Wildman–Crippen MR) is 67.2 cm³/mol. The van der Waals surface area contributed by atoms with Crippen LogP contribution in [0.25, 0.3) is 0 Å². The summed E-state index contributed by atoms with van der Waals surface area (Å²) in [5, 5.41) is 0.612. The minimum absolute atomic E-state index is 0.402. The highest BCUT2D eigenvalue weighted by molar-refractivity contribution is 9.10. The first-order valence-electron chi connectivity index (χ1n) is 5.12. The first kappa shape index (κ1) is 10.7. The third-order valence-electron chi connectivity index (χ3n) is 3.36. The summed E-state index contributed by atoms with van der Waals surface area (Å²) < 4.78 is 14.6. The molecule has 0 bridgehead atoms. The molecule has 1 fully saturated rings. The third-order valence-corrected chi connectivity index (χ3v) is 4.89. The van der Waals surface area contributed by atoms with E-state index in [0.717, 1.165) is 10.9 Å². The molecule has 3 rings (SSSR count). The number of aromatic nitrogens is 1. The maximum absolute atomic E-state index is 13.8. The van der Waals surface area contributed by atoms with Crippen molar-refractivity contribution in [3.8, 4) is 0 Å². The summed E-state index contributed by atoms with van der Waals surface area (Å²) in [7, 11) is 0. The zero-order valence-electron chi connectivity index (χ0n) is 8.65. The molecule has 1 aromatic heterocycles.